The summed E-state index contributed by atoms with van der Waals surface area (Å²) in [5.41, 5.74) is 0. The number of benzene rings is 1. The highest BCUT2D eigenvalue weighted by Gasteiger charge is 2.09. The van der Waals surface area contributed by atoms with Crippen LogP contribution in [-0.2, 0) is 4.79 Å². The molecule has 0 aromatic heterocycles. The lowest BCUT2D eigenvalue weighted by molar-refractivity contribution is -0.137. The number of hydrogen-bond donors (Lipinski definition) is 2. The monoisotopic (exact) mass is 302 g/mol. The van der Waals surface area contributed by atoms with Crippen molar-refractivity contribution in [2.45, 2.75) is 6.42 Å². The molecule has 1 aromatic rings. The van der Waals surface area contributed by atoms with E-state index >= 15 is 0 Å². The number of carbonyl (C=O) groups is 2. The number of urea groups is 1. The highest BCUT2D eigenvalue weighted by Crippen LogP contribution is 2.14. The van der Waals surface area contributed by atoms with Crippen molar-refractivity contribution < 1.29 is 28.2 Å². The van der Waals surface area contributed by atoms with Crippen LogP contribution < -0.4 is 10.1 Å². The number of amides is 2. The van der Waals surface area contributed by atoms with Gasteiger partial charge >= 0.3 is 12.0 Å². The fraction of sp³-hybridized carbons (Fsp3) is 0.385. The van der Waals surface area contributed by atoms with Crippen LogP contribution in [0.15, 0.2) is 18.2 Å². The molecule has 2 N–H and O–H groups in total. The van der Waals surface area contributed by atoms with Crippen molar-refractivity contribution >= 4 is 12.0 Å². The van der Waals surface area contributed by atoms with Gasteiger partial charge in [-0.15, -0.1) is 0 Å². The van der Waals surface area contributed by atoms with Crippen LogP contribution in [0.1, 0.15) is 6.42 Å². The van der Waals surface area contributed by atoms with Crippen molar-refractivity contribution in [2.24, 2.45) is 0 Å². The second kappa shape index (κ2) is 8.03. The number of nitrogens with one attached hydrogen (secondary N) is 1. The molecule has 2 amide bonds. The fourth-order valence-corrected chi connectivity index (χ4v) is 1.39. The van der Waals surface area contributed by atoms with E-state index in [1.54, 1.807) is 0 Å². The number of carboxylic acid groups (broad SMARTS) is 1. The van der Waals surface area contributed by atoms with Crippen LogP contribution in [0.4, 0.5) is 13.6 Å². The summed E-state index contributed by atoms with van der Waals surface area (Å²) in [5, 5.41) is 11.0. The fourth-order valence-electron chi connectivity index (χ4n) is 1.39. The second-order valence-electron chi connectivity index (χ2n) is 4.22. The van der Waals surface area contributed by atoms with Gasteiger partial charge in [0.1, 0.15) is 12.4 Å². The molecule has 0 spiro atoms. The third kappa shape index (κ3) is 6.07. The minimum atomic E-state index is -1.01. The van der Waals surface area contributed by atoms with Crippen molar-refractivity contribution in [3.8, 4) is 5.75 Å². The molecule has 0 unspecified atom stereocenters. The normalized spacial score (nSPS) is 10.0. The summed E-state index contributed by atoms with van der Waals surface area (Å²) in [4.78, 5) is 23.1. The number of carboxylic acids is 1. The summed E-state index contributed by atoms with van der Waals surface area (Å²) in [6.45, 7) is 0.310. The minimum absolute atomic E-state index is 0.0730. The van der Waals surface area contributed by atoms with Gasteiger partial charge in [0.25, 0.3) is 0 Å². The maximum atomic E-state index is 12.9. The second-order valence-corrected chi connectivity index (χ2v) is 4.22. The third-order valence-corrected chi connectivity index (χ3v) is 2.55. The van der Waals surface area contributed by atoms with Gasteiger partial charge in [-0.05, 0) is 12.1 Å². The Bertz CT molecular complexity index is 511. The van der Waals surface area contributed by atoms with E-state index in [2.05, 4.69) is 5.32 Å². The zero-order valence-electron chi connectivity index (χ0n) is 11.4. The maximum absolute atomic E-state index is 12.9. The molecule has 0 bridgehead atoms. The maximum Gasteiger partial charge on any atom is 0.317 e. The van der Waals surface area contributed by atoms with Crippen LogP contribution in [0.25, 0.3) is 0 Å². The van der Waals surface area contributed by atoms with Gasteiger partial charge in [-0.25, -0.2) is 13.6 Å². The zero-order valence-corrected chi connectivity index (χ0v) is 11.4. The first kappa shape index (κ1) is 16.7. The average Bonchev–Trinajstić information content (AvgIpc) is 2.44. The number of carbonyl (C=O) groups excluding carboxylic acids is 1. The third-order valence-electron chi connectivity index (χ3n) is 2.55. The van der Waals surface area contributed by atoms with Crippen LogP contribution in [-0.4, -0.2) is 48.8 Å². The minimum Gasteiger partial charge on any atom is -0.492 e. The largest absolute Gasteiger partial charge is 0.492 e. The van der Waals surface area contributed by atoms with Gasteiger partial charge in [-0.2, -0.15) is 0 Å². The highest BCUT2D eigenvalue weighted by molar-refractivity contribution is 5.74. The number of aliphatic carboxylic acids is 1. The Hall–Kier alpha value is -2.38. The van der Waals surface area contributed by atoms with Crippen molar-refractivity contribution in [3.63, 3.8) is 0 Å². The summed E-state index contributed by atoms with van der Waals surface area (Å²) in [6, 6.07) is 2.70. The topological polar surface area (TPSA) is 78.9 Å². The molecule has 0 saturated carbocycles. The summed E-state index contributed by atoms with van der Waals surface area (Å²) in [7, 11) is 1.47. The summed E-state index contributed by atoms with van der Waals surface area (Å²) in [5.74, 6) is -2.81. The zero-order chi connectivity index (χ0) is 15.8. The molecule has 116 valence electrons. The van der Waals surface area contributed by atoms with Crippen LogP contribution in [0.3, 0.4) is 0 Å². The number of nitrogens with zero attached hydrogens (tertiary/aromatic N) is 1. The molecule has 0 atom stereocenters. The molecule has 0 aliphatic carbocycles. The predicted octanol–water partition coefficient (Wildman–Crippen LogP) is 1.46. The Kier molecular flexibility index (Phi) is 6.38. The first-order chi connectivity index (χ1) is 9.90. The Labute approximate surface area is 120 Å². The molecular formula is C13H16F2N2O4. The number of hydrogen-bond acceptors (Lipinski definition) is 3. The van der Waals surface area contributed by atoms with Gasteiger partial charge in [0, 0.05) is 19.7 Å². The van der Waals surface area contributed by atoms with E-state index in [0.717, 1.165) is 12.1 Å². The van der Waals surface area contributed by atoms with E-state index in [1.165, 1.54) is 18.0 Å². The predicted molar refractivity (Wildman–Crippen MR) is 70.1 cm³/mol. The molecule has 1 rings (SSSR count). The van der Waals surface area contributed by atoms with Gasteiger partial charge in [0.15, 0.2) is 11.6 Å². The first-order valence-electron chi connectivity index (χ1n) is 6.18. The molecule has 21 heavy (non-hydrogen) atoms. The number of ether oxygens (including phenoxy) is 1. The molecular weight excluding hydrogens is 286 g/mol. The van der Waals surface area contributed by atoms with E-state index in [1.807, 2.05) is 0 Å². The Morgan fingerprint density at radius 3 is 2.67 bits per heavy atom. The SMILES string of the molecule is CN(CCC(=O)O)C(=O)NCCOc1ccc(F)c(F)c1. The van der Waals surface area contributed by atoms with Crippen LogP contribution in [0.5, 0.6) is 5.75 Å². The van der Waals surface area contributed by atoms with E-state index in [-0.39, 0.29) is 31.9 Å². The quantitative estimate of drug-likeness (QED) is 0.747. The van der Waals surface area contributed by atoms with Crippen molar-refractivity contribution in [2.75, 3.05) is 26.7 Å². The molecule has 1 aromatic carbocycles. The Balaban J connectivity index is 2.25. The molecule has 0 aliphatic heterocycles. The smallest absolute Gasteiger partial charge is 0.317 e. The van der Waals surface area contributed by atoms with Crippen LogP contribution in [0, 0.1) is 11.6 Å². The van der Waals surface area contributed by atoms with Gasteiger partial charge in [0.2, 0.25) is 0 Å². The number of rotatable bonds is 7. The van der Waals surface area contributed by atoms with Gasteiger partial charge in [-0.1, -0.05) is 0 Å². The number of halogens is 2. The Morgan fingerprint density at radius 1 is 1.33 bits per heavy atom. The molecule has 8 heteroatoms. The highest BCUT2D eigenvalue weighted by atomic mass is 19.2. The molecule has 0 saturated heterocycles. The lowest BCUT2D eigenvalue weighted by Crippen LogP contribution is -2.40. The summed E-state index contributed by atoms with van der Waals surface area (Å²) in [6.07, 6.45) is -0.144. The van der Waals surface area contributed by atoms with Crippen LogP contribution >= 0.6 is 0 Å². The van der Waals surface area contributed by atoms with Gasteiger partial charge < -0.3 is 20.1 Å². The van der Waals surface area contributed by atoms with Gasteiger partial charge in [0.05, 0.1) is 13.0 Å². The standard InChI is InChI=1S/C13H16F2N2O4/c1-17(6-4-12(18)19)13(20)16-5-7-21-9-2-3-10(14)11(15)8-9/h2-3,8H,4-7H2,1H3,(H,16,20)(H,18,19). The molecule has 6 nitrogen and oxygen atoms in total. The Morgan fingerprint density at radius 2 is 2.05 bits per heavy atom. The molecule has 0 aliphatic rings. The van der Waals surface area contributed by atoms with Crippen molar-refractivity contribution in [1.29, 1.82) is 0 Å². The first-order valence-corrected chi connectivity index (χ1v) is 6.18. The summed E-state index contributed by atoms with van der Waals surface area (Å²) >= 11 is 0. The molecule has 0 heterocycles. The van der Waals surface area contributed by atoms with E-state index in [0.29, 0.717) is 0 Å². The molecule has 0 fully saturated rings. The van der Waals surface area contributed by atoms with Gasteiger partial charge in [-0.3, -0.25) is 4.79 Å². The van der Waals surface area contributed by atoms with E-state index in [4.69, 9.17) is 9.84 Å². The van der Waals surface area contributed by atoms with Crippen LogP contribution in [0.2, 0.25) is 0 Å². The van der Waals surface area contributed by atoms with Crippen molar-refractivity contribution in [3.05, 3.63) is 29.8 Å². The van der Waals surface area contributed by atoms with E-state index in [9.17, 15) is 18.4 Å². The lowest BCUT2D eigenvalue weighted by Gasteiger charge is -2.17. The average molecular weight is 302 g/mol. The van der Waals surface area contributed by atoms with E-state index < -0.39 is 23.6 Å². The van der Waals surface area contributed by atoms with Crippen molar-refractivity contribution in [1.82, 2.24) is 10.2 Å². The lowest BCUT2D eigenvalue weighted by atomic mass is 10.3. The summed E-state index contributed by atoms with van der Waals surface area (Å²) < 4.78 is 30.7. The molecule has 0 radical (unpaired) electrons.